The van der Waals surface area contributed by atoms with Gasteiger partial charge in [-0.3, -0.25) is 0 Å². The minimum absolute atomic E-state index is 0.197. The van der Waals surface area contributed by atoms with Crippen LogP contribution in [0, 0.1) is 11.6 Å². The number of thiophene rings is 2. The van der Waals surface area contributed by atoms with Gasteiger partial charge in [-0.15, -0.1) is 46.2 Å². The summed E-state index contributed by atoms with van der Waals surface area (Å²) in [4.78, 5) is 8.64. The van der Waals surface area contributed by atoms with Crippen molar-refractivity contribution in [1.29, 1.82) is 0 Å². The number of fused-ring (bicyclic) bond motifs is 6. The molecule has 36 heavy (non-hydrogen) atoms. The summed E-state index contributed by atoms with van der Waals surface area (Å²) in [6.07, 6.45) is 11.0. The molecule has 0 bridgehead atoms. The molecule has 4 aromatic rings. The van der Waals surface area contributed by atoms with E-state index in [9.17, 15) is 8.78 Å². The average molecular weight is 549 g/mol. The van der Waals surface area contributed by atoms with Crippen LogP contribution in [0.2, 0.25) is 0 Å². The second-order valence-electron chi connectivity index (χ2n) is 9.52. The maximum atomic E-state index is 13.2. The Bertz CT molecular complexity index is 1360. The zero-order valence-electron chi connectivity index (χ0n) is 19.2. The number of hydrogen-bond donors (Lipinski definition) is 0. The summed E-state index contributed by atoms with van der Waals surface area (Å²) in [6, 6.07) is 18.0. The largest absolute Gasteiger partial charge is 0.207 e. The monoisotopic (exact) mass is 548 g/mol. The van der Waals surface area contributed by atoms with Crippen LogP contribution in [0.5, 0.6) is 0 Å². The minimum Gasteiger partial charge on any atom is -0.207 e. The second-order valence-corrected chi connectivity index (χ2v) is 14.3. The van der Waals surface area contributed by atoms with Crippen LogP contribution in [0.1, 0.15) is 55.3 Å². The standard InChI is InChI=1S/C30H22F2S4/c31-19-7-1-17(2-8-19)5-11-21-13-27-29(33-21)23-15-26-24(16-25(23)35-27)30-28(36-26)14-22(34-30)12-6-18-3-9-20(32)10-4-18/h1-14,23-26H,15-16H2/b11-5+,12-6+. The van der Waals surface area contributed by atoms with Crippen LogP contribution < -0.4 is 0 Å². The lowest BCUT2D eigenvalue weighted by atomic mass is 9.80. The fourth-order valence-electron chi connectivity index (χ4n) is 5.45. The average Bonchev–Trinajstić information content (AvgIpc) is 3.61. The Morgan fingerprint density at radius 2 is 1.00 bits per heavy atom. The Morgan fingerprint density at radius 1 is 0.583 bits per heavy atom. The number of thioether (sulfide) groups is 2. The summed E-state index contributed by atoms with van der Waals surface area (Å²) in [7, 11) is 0. The molecule has 2 aromatic heterocycles. The lowest BCUT2D eigenvalue weighted by Gasteiger charge is -2.33. The van der Waals surface area contributed by atoms with E-state index in [0.29, 0.717) is 22.3 Å². The maximum Gasteiger partial charge on any atom is 0.123 e. The summed E-state index contributed by atoms with van der Waals surface area (Å²) >= 11 is 8.04. The van der Waals surface area contributed by atoms with Crippen LogP contribution in [0.15, 0.2) is 70.5 Å². The number of rotatable bonds is 4. The summed E-state index contributed by atoms with van der Waals surface area (Å²) in [6.45, 7) is 0. The predicted octanol–water partition coefficient (Wildman–Crippen LogP) is 10.0. The van der Waals surface area contributed by atoms with Crippen molar-refractivity contribution in [3.8, 4) is 0 Å². The van der Waals surface area contributed by atoms with Crippen LogP contribution in [0.25, 0.3) is 24.3 Å². The normalized spacial score (nSPS) is 24.3. The SMILES string of the molecule is Fc1ccc(/C=C/c2cc3c(s2)C2CC4Sc5cc(/C=C/c6ccc(F)cc6)sc5C4CC2S3)cc1. The first kappa shape index (κ1) is 23.0. The number of hydrogen-bond acceptors (Lipinski definition) is 4. The summed E-state index contributed by atoms with van der Waals surface area (Å²) in [5, 5.41) is 1.35. The molecular formula is C30H22F2S4. The molecule has 1 fully saturated rings. The quantitative estimate of drug-likeness (QED) is 0.249. The van der Waals surface area contributed by atoms with E-state index >= 15 is 0 Å². The van der Waals surface area contributed by atoms with E-state index in [0.717, 1.165) is 11.1 Å². The molecule has 1 saturated carbocycles. The molecule has 6 heteroatoms. The van der Waals surface area contributed by atoms with Crippen molar-refractivity contribution in [2.45, 2.75) is 45.0 Å². The Kier molecular flexibility index (Phi) is 5.96. The molecule has 4 atom stereocenters. The molecule has 7 rings (SSSR count). The fraction of sp³-hybridized carbons (Fsp3) is 0.200. The van der Waals surface area contributed by atoms with Crippen molar-refractivity contribution in [2.24, 2.45) is 0 Å². The van der Waals surface area contributed by atoms with Gasteiger partial charge in [-0.05, 0) is 72.5 Å². The number of halogens is 2. The highest BCUT2D eigenvalue weighted by Gasteiger charge is 2.48. The van der Waals surface area contributed by atoms with Gasteiger partial charge in [0.25, 0.3) is 0 Å². The van der Waals surface area contributed by atoms with Crippen molar-refractivity contribution in [3.63, 3.8) is 0 Å². The van der Waals surface area contributed by atoms with Crippen molar-refractivity contribution >= 4 is 70.5 Å². The molecule has 3 aliphatic rings. The molecule has 0 nitrogen and oxygen atoms in total. The number of benzene rings is 2. The fourth-order valence-corrected chi connectivity index (χ4v) is 11.6. The zero-order valence-corrected chi connectivity index (χ0v) is 22.5. The van der Waals surface area contributed by atoms with Gasteiger partial charge in [-0.25, -0.2) is 8.78 Å². The first-order chi connectivity index (χ1) is 17.6. The molecular weight excluding hydrogens is 527 g/mol. The molecule has 4 unspecified atom stereocenters. The summed E-state index contributed by atoms with van der Waals surface area (Å²) < 4.78 is 26.3. The summed E-state index contributed by atoms with van der Waals surface area (Å²) in [5.74, 6) is 0.918. The molecule has 0 saturated heterocycles. The van der Waals surface area contributed by atoms with Gasteiger partial charge in [-0.1, -0.05) is 36.4 Å². The minimum atomic E-state index is -0.197. The van der Waals surface area contributed by atoms with Crippen LogP contribution in [0.4, 0.5) is 8.78 Å². The molecule has 4 heterocycles. The molecule has 0 N–H and O–H groups in total. The lowest BCUT2D eigenvalue weighted by molar-refractivity contribution is 0.435. The van der Waals surface area contributed by atoms with Crippen LogP contribution >= 0.6 is 46.2 Å². The highest BCUT2D eigenvalue weighted by atomic mass is 32.2. The zero-order chi connectivity index (χ0) is 24.2. The van der Waals surface area contributed by atoms with E-state index in [2.05, 4.69) is 60.0 Å². The van der Waals surface area contributed by atoms with Crippen LogP contribution in [-0.4, -0.2) is 10.5 Å². The molecule has 2 aromatic carbocycles. The van der Waals surface area contributed by atoms with Gasteiger partial charge in [0.1, 0.15) is 11.6 Å². The molecule has 180 valence electrons. The van der Waals surface area contributed by atoms with Gasteiger partial charge >= 0.3 is 0 Å². The van der Waals surface area contributed by atoms with Crippen molar-refractivity contribution in [3.05, 3.63) is 103 Å². The third-order valence-corrected chi connectivity index (χ3v) is 12.8. The van der Waals surface area contributed by atoms with E-state index in [-0.39, 0.29) is 11.6 Å². The highest BCUT2D eigenvalue weighted by Crippen LogP contribution is 2.63. The third kappa shape index (κ3) is 4.32. The van der Waals surface area contributed by atoms with Crippen molar-refractivity contribution in [1.82, 2.24) is 0 Å². The Morgan fingerprint density at radius 3 is 1.42 bits per heavy atom. The lowest BCUT2D eigenvalue weighted by Crippen LogP contribution is -2.28. The molecule has 0 spiro atoms. The summed E-state index contributed by atoms with van der Waals surface area (Å²) in [5.41, 5.74) is 2.05. The smallest absolute Gasteiger partial charge is 0.123 e. The first-order valence-corrected chi connectivity index (χ1v) is 15.5. The third-order valence-electron chi connectivity index (χ3n) is 7.21. The van der Waals surface area contributed by atoms with E-state index < -0.39 is 0 Å². The van der Waals surface area contributed by atoms with Gasteiger partial charge in [-0.2, -0.15) is 0 Å². The van der Waals surface area contributed by atoms with Crippen molar-refractivity contribution in [2.75, 3.05) is 0 Å². The van der Waals surface area contributed by atoms with Gasteiger partial charge in [0.2, 0.25) is 0 Å². The Balaban J connectivity index is 1.05. The van der Waals surface area contributed by atoms with E-state index in [1.807, 2.05) is 46.9 Å². The Hall–Kier alpha value is -2.12. The van der Waals surface area contributed by atoms with E-state index in [1.165, 1.54) is 56.7 Å². The molecule has 0 amide bonds. The molecule has 1 aliphatic carbocycles. The second kappa shape index (κ2) is 9.32. The van der Waals surface area contributed by atoms with Crippen LogP contribution in [0.3, 0.4) is 0 Å². The van der Waals surface area contributed by atoms with Gasteiger partial charge in [0.05, 0.1) is 0 Å². The van der Waals surface area contributed by atoms with Gasteiger partial charge < -0.3 is 0 Å². The predicted molar refractivity (Wildman–Crippen MR) is 153 cm³/mol. The molecule has 0 radical (unpaired) electrons. The van der Waals surface area contributed by atoms with Crippen molar-refractivity contribution < 1.29 is 8.78 Å². The van der Waals surface area contributed by atoms with E-state index in [1.54, 1.807) is 9.75 Å². The van der Waals surface area contributed by atoms with Gasteiger partial charge in [0, 0.05) is 51.6 Å². The van der Waals surface area contributed by atoms with Crippen LogP contribution in [-0.2, 0) is 0 Å². The molecule has 2 aliphatic heterocycles. The maximum absolute atomic E-state index is 13.2. The Labute approximate surface area is 226 Å². The first-order valence-electron chi connectivity index (χ1n) is 12.1. The van der Waals surface area contributed by atoms with Gasteiger partial charge in [0.15, 0.2) is 0 Å². The topological polar surface area (TPSA) is 0 Å². The highest BCUT2D eigenvalue weighted by molar-refractivity contribution is 8.01. The van der Waals surface area contributed by atoms with E-state index in [4.69, 9.17) is 0 Å².